The van der Waals surface area contributed by atoms with Gasteiger partial charge >= 0.3 is 0 Å². The largest absolute Gasteiger partial charge is 0.382 e. The number of nitrogens with one attached hydrogen (secondary N) is 1. The van der Waals surface area contributed by atoms with Crippen molar-refractivity contribution < 1.29 is 4.74 Å². The third-order valence-electron chi connectivity index (χ3n) is 2.45. The van der Waals surface area contributed by atoms with Gasteiger partial charge in [0, 0.05) is 7.11 Å². The van der Waals surface area contributed by atoms with E-state index in [2.05, 4.69) is 34.7 Å². The lowest BCUT2D eigenvalue weighted by Crippen LogP contribution is -2.22. The summed E-state index contributed by atoms with van der Waals surface area (Å²) in [6.07, 6.45) is 2.07. The minimum Gasteiger partial charge on any atom is -0.382 e. The van der Waals surface area contributed by atoms with E-state index in [0.717, 1.165) is 25.2 Å². The fourth-order valence-corrected chi connectivity index (χ4v) is 1.54. The van der Waals surface area contributed by atoms with Crippen LogP contribution in [0.1, 0.15) is 38.6 Å². The van der Waals surface area contributed by atoms with Crippen molar-refractivity contribution in [3.8, 4) is 0 Å². The van der Waals surface area contributed by atoms with E-state index in [1.165, 1.54) is 0 Å². The predicted molar refractivity (Wildman–Crippen MR) is 61.0 cm³/mol. The molecule has 0 amide bonds. The van der Waals surface area contributed by atoms with Crippen LogP contribution in [0.4, 0.5) is 0 Å². The van der Waals surface area contributed by atoms with Crippen molar-refractivity contribution in [2.75, 3.05) is 20.3 Å². The van der Waals surface area contributed by atoms with Crippen LogP contribution in [0.2, 0.25) is 0 Å². The Morgan fingerprint density at radius 2 is 2.25 bits per heavy atom. The van der Waals surface area contributed by atoms with Crippen molar-refractivity contribution in [1.29, 1.82) is 0 Å². The normalized spacial score (nSPS) is 12.9. The average molecular weight is 227 g/mol. The molecule has 1 atom stereocenters. The van der Waals surface area contributed by atoms with E-state index in [1.807, 2.05) is 4.68 Å². The summed E-state index contributed by atoms with van der Waals surface area (Å²) < 4.78 is 7.02. The van der Waals surface area contributed by atoms with Gasteiger partial charge in [0.25, 0.3) is 0 Å². The van der Waals surface area contributed by atoms with Crippen molar-refractivity contribution in [1.82, 2.24) is 25.5 Å². The van der Waals surface area contributed by atoms with Crippen LogP contribution in [0.5, 0.6) is 0 Å². The summed E-state index contributed by atoms with van der Waals surface area (Å²) in [6.45, 7) is 6.57. The molecule has 92 valence electrons. The van der Waals surface area contributed by atoms with E-state index in [0.29, 0.717) is 13.2 Å². The first-order valence-electron chi connectivity index (χ1n) is 5.79. The lowest BCUT2D eigenvalue weighted by Gasteiger charge is -2.15. The maximum absolute atomic E-state index is 5.16. The molecule has 1 N–H and O–H groups in total. The Bertz CT molecular complexity index is 288. The molecule has 1 rings (SSSR count). The Hall–Kier alpha value is -1.01. The van der Waals surface area contributed by atoms with Gasteiger partial charge in [-0.15, -0.1) is 5.10 Å². The number of rotatable bonds is 8. The maximum Gasteiger partial charge on any atom is 0.165 e. The highest BCUT2D eigenvalue weighted by molar-refractivity contribution is 4.83. The zero-order chi connectivity index (χ0) is 11.8. The molecule has 0 radical (unpaired) electrons. The summed E-state index contributed by atoms with van der Waals surface area (Å²) >= 11 is 0. The van der Waals surface area contributed by atoms with Gasteiger partial charge in [0.05, 0.1) is 19.2 Å². The number of methoxy groups -OCH3 is 1. The third kappa shape index (κ3) is 3.53. The van der Waals surface area contributed by atoms with Gasteiger partial charge in [-0.3, -0.25) is 0 Å². The molecule has 1 aromatic rings. The van der Waals surface area contributed by atoms with Crippen molar-refractivity contribution in [2.45, 2.75) is 39.3 Å². The molecule has 0 saturated heterocycles. The Balaban J connectivity index is 2.60. The maximum atomic E-state index is 5.16. The van der Waals surface area contributed by atoms with Gasteiger partial charge in [0.1, 0.15) is 0 Å². The van der Waals surface area contributed by atoms with Gasteiger partial charge in [-0.05, 0) is 29.8 Å². The zero-order valence-corrected chi connectivity index (χ0v) is 10.3. The molecular weight excluding hydrogens is 206 g/mol. The minimum absolute atomic E-state index is 0.221. The van der Waals surface area contributed by atoms with Crippen molar-refractivity contribution in [3.63, 3.8) is 0 Å². The molecule has 0 aliphatic rings. The van der Waals surface area contributed by atoms with E-state index >= 15 is 0 Å². The highest BCUT2D eigenvalue weighted by Crippen LogP contribution is 2.11. The molecule has 0 spiro atoms. The van der Waals surface area contributed by atoms with Gasteiger partial charge in [-0.25, -0.2) is 4.68 Å². The first-order valence-corrected chi connectivity index (χ1v) is 5.79. The van der Waals surface area contributed by atoms with Gasteiger partial charge in [0.2, 0.25) is 0 Å². The smallest absolute Gasteiger partial charge is 0.165 e. The van der Waals surface area contributed by atoms with E-state index < -0.39 is 0 Å². The quantitative estimate of drug-likeness (QED) is 0.665. The Morgan fingerprint density at radius 3 is 2.88 bits per heavy atom. The number of nitrogens with zero attached hydrogens (tertiary/aromatic N) is 4. The fraction of sp³-hybridized carbons (Fsp3) is 0.900. The van der Waals surface area contributed by atoms with Crippen molar-refractivity contribution in [3.05, 3.63) is 5.82 Å². The van der Waals surface area contributed by atoms with Crippen LogP contribution in [0.3, 0.4) is 0 Å². The lowest BCUT2D eigenvalue weighted by molar-refractivity contribution is 0.144. The van der Waals surface area contributed by atoms with Crippen LogP contribution in [0.15, 0.2) is 0 Å². The highest BCUT2D eigenvalue weighted by Gasteiger charge is 2.14. The van der Waals surface area contributed by atoms with Gasteiger partial charge in [-0.1, -0.05) is 13.8 Å². The number of tetrazole rings is 1. The molecule has 0 saturated carbocycles. The van der Waals surface area contributed by atoms with Crippen molar-refractivity contribution in [2.24, 2.45) is 0 Å². The molecular formula is C10H21N5O. The Kier molecular flexibility index (Phi) is 5.95. The van der Waals surface area contributed by atoms with Gasteiger partial charge in [-0.2, -0.15) is 0 Å². The Labute approximate surface area is 96.4 Å². The third-order valence-corrected chi connectivity index (χ3v) is 2.45. The predicted octanol–water partition coefficient (Wildman–Crippen LogP) is 0.770. The summed E-state index contributed by atoms with van der Waals surface area (Å²) in [5, 5.41) is 15.1. The molecule has 1 aromatic heterocycles. The summed E-state index contributed by atoms with van der Waals surface area (Å²) in [4.78, 5) is 0. The zero-order valence-electron chi connectivity index (χ0n) is 10.3. The Morgan fingerprint density at radius 1 is 1.44 bits per heavy atom. The second-order valence-corrected chi connectivity index (χ2v) is 3.73. The molecule has 1 heterocycles. The van der Waals surface area contributed by atoms with Gasteiger partial charge < -0.3 is 10.1 Å². The number of ether oxygens (including phenoxy) is 1. The molecule has 0 aliphatic heterocycles. The van der Waals surface area contributed by atoms with Crippen LogP contribution < -0.4 is 5.32 Å². The number of hydrogen-bond donors (Lipinski definition) is 1. The number of hydrogen-bond acceptors (Lipinski definition) is 5. The molecule has 6 nitrogen and oxygen atoms in total. The molecule has 0 fully saturated rings. The monoisotopic (exact) mass is 227 g/mol. The van der Waals surface area contributed by atoms with Crippen LogP contribution in [0, 0.1) is 0 Å². The van der Waals surface area contributed by atoms with E-state index in [9.17, 15) is 0 Å². The summed E-state index contributed by atoms with van der Waals surface area (Å²) in [5.41, 5.74) is 0. The average Bonchev–Trinajstić information content (AvgIpc) is 2.74. The molecule has 0 aromatic carbocycles. The standard InChI is InChI=1S/C10H21N5O/c1-4-6-11-7-10-12-13-14-15(10)9(5-2)8-16-3/h9,11H,4-8H2,1-3H3. The minimum atomic E-state index is 0.221. The topological polar surface area (TPSA) is 64.9 Å². The van der Waals surface area contributed by atoms with Crippen LogP contribution in [0.25, 0.3) is 0 Å². The molecule has 0 aliphatic carbocycles. The summed E-state index contributed by atoms with van der Waals surface area (Å²) in [6, 6.07) is 0.221. The number of aromatic nitrogens is 4. The summed E-state index contributed by atoms with van der Waals surface area (Å²) in [7, 11) is 1.70. The molecule has 1 unspecified atom stereocenters. The highest BCUT2D eigenvalue weighted by atomic mass is 16.5. The van der Waals surface area contributed by atoms with Gasteiger partial charge in [0.15, 0.2) is 5.82 Å². The first kappa shape index (κ1) is 13.1. The molecule has 0 bridgehead atoms. The second kappa shape index (κ2) is 7.29. The van der Waals surface area contributed by atoms with E-state index in [-0.39, 0.29) is 6.04 Å². The van der Waals surface area contributed by atoms with Crippen molar-refractivity contribution >= 4 is 0 Å². The second-order valence-electron chi connectivity index (χ2n) is 3.73. The van der Waals surface area contributed by atoms with Crippen LogP contribution in [-0.4, -0.2) is 40.5 Å². The van der Waals surface area contributed by atoms with E-state index in [1.54, 1.807) is 7.11 Å². The molecule has 6 heteroatoms. The molecule has 16 heavy (non-hydrogen) atoms. The fourth-order valence-electron chi connectivity index (χ4n) is 1.54. The first-order chi connectivity index (χ1) is 7.83. The lowest BCUT2D eigenvalue weighted by atomic mass is 10.2. The van der Waals surface area contributed by atoms with E-state index in [4.69, 9.17) is 4.74 Å². The SMILES string of the molecule is CCCNCc1nnnn1C(CC)COC. The summed E-state index contributed by atoms with van der Waals surface area (Å²) in [5.74, 6) is 0.873. The van der Waals surface area contributed by atoms with Crippen LogP contribution >= 0.6 is 0 Å². The van der Waals surface area contributed by atoms with Crippen LogP contribution in [-0.2, 0) is 11.3 Å².